The van der Waals surface area contributed by atoms with Crippen molar-refractivity contribution in [3.8, 4) is 0 Å². The molecule has 1 nitrogen and oxygen atoms in total. The molecule has 0 radical (unpaired) electrons. The predicted octanol–water partition coefficient (Wildman–Crippen LogP) is 3.59. The van der Waals surface area contributed by atoms with Crippen molar-refractivity contribution >= 4 is 0 Å². The van der Waals surface area contributed by atoms with Crippen molar-refractivity contribution in [3.05, 3.63) is 35.4 Å². The van der Waals surface area contributed by atoms with Crippen molar-refractivity contribution in [3.63, 3.8) is 0 Å². The van der Waals surface area contributed by atoms with E-state index in [4.69, 9.17) is 0 Å². The summed E-state index contributed by atoms with van der Waals surface area (Å²) in [4.78, 5) is 0. The van der Waals surface area contributed by atoms with Crippen LogP contribution in [-0.4, -0.2) is 18.8 Å². The topological polar surface area (TPSA) is 12.0 Å². The average Bonchev–Trinajstić information content (AvgIpc) is 2.31. The van der Waals surface area contributed by atoms with Crippen LogP contribution in [0.3, 0.4) is 0 Å². The van der Waals surface area contributed by atoms with E-state index in [1.54, 1.807) is 6.92 Å². The molecule has 0 bridgehead atoms. The lowest BCUT2D eigenvalue weighted by molar-refractivity contribution is -0.137. The van der Waals surface area contributed by atoms with Gasteiger partial charge in [-0.15, -0.1) is 0 Å². The van der Waals surface area contributed by atoms with Gasteiger partial charge < -0.3 is 5.32 Å². The zero-order valence-corrected chi connectivity index (χ0v) is 10.7. The van der Waals surface area contributed by atoms with E-state index >= 15 is 0 Å². The number of hydrogen-bond acceptors (Lipinski definition) is 1. The second kappa shape index (κ2) is 5.12. The number of piperidine rings is 1. The number of nitrogens with one attached hydrogen (secondary N) is 1. The number of rotatable bonds is 2. The predicted molar refractivity (Wildman–Crippen MR) is 65.6 cm³/mol. The van der Waals surface area contributed by atoms with Gasteiger partial charge in [-0.1, -0.05) is 12.1 Å². The molecule has 0 aliphatic carbocycles. The van der Waals surface area contributed by atoms with Gasteiger partial charge >= 0.3 is 6.18 Å². The summed E-state index contributed by atoms with van der Waals surface area (Å²) in [6.45, 7) is 2.61. The Bertz CT molecular complexity index is 422. The van der Waals surface area contributed by atoms with E-state index in [0.29, 0.717) is 19.4 Å². The molecule has 1 heterocycles. The van der Waals surface area contributed by atoms with Gasteiger partial charge in [-0.05, 0) is 49.9 Å². The van der Waals surface area contributed by atoms with Crippen molar-refractivity contribution in [1.82, 2.24) is 5.32 Å². The molecular formula is C14H17F4N. The Balaban J connectivity index is 2.07. The lowest BCUT2D eigenvalue weighted by Crippen LogP contribution is -2.47. The lowest BCUT2D eigenvalue weighted by atomic mass is 9.81. The molecular weight excluding hydrogens is 258 g/mol. The van der Waals surface area contributed by atoms with Crippen LogP contribution in [0.5, 0.6) is 0 Å². The maximum Gasteiger partial charge on any atom is 0.416 e. The van der Waals surface area contributed by atoms with E-state index in [0.717, 1.165) is 24.2 Å². The van der Waals surface area contributed by atoms with Crippen molar-refractivity contribution in [2.75, 3.05) is 13.1 Å². The summed E-state index contributed by atoms with van der Waals surface area (Å²) in [7, 11) is 0. The molecule has 1 aromatic carbocycles. The molecule has 0 aromatic heterocycles. The third kappa shape index (κ3) is 3.47. The van der Waals surface area contributed by atoms with E-state index in [1.165, 1.54) is 12.1 Å². The fraction of sp³-hybridized carbons (Fsp3) is 0.571. The van der Waals surface area contributed by atoms with Crippen LogP contribution in [0.2, 0.25) is 0 Å². The zero-order chi connectivity index (χ0) is 14.1. The SMILES string of the molecule is CC1(F)CNCCC1Cc1ccc(C(F)(F)F)cc1. The first-order chi connectivity index (χ1) is 8.79. The van der Waals surface area contributed by atoms with E-state index in [2.05, 4.69) is 5.32 Å². The first kappa shape index (κ1) is 14.3. The monoisotopic (exact) mass is 275 g/mol. The summed E-state index contributed by atoms with van der Waals surface area (Å²) in [5, 5.41) is 3.00. The first-order valence-electron chi connectivity index (χ1n) is 6.35. The van der Waals surface area contributed by atoms with Crippen molar-refractivity contribution in [2.24, 2.45) is 5.92 Å². The van der Waals surface area contributed by atoms with E-state index < -0.39 is 17.4 Å². The second-order valence-corrected chi connectivity index (χ2v) is 5.34. The van der Waals surface area contributed by atoms with Crippen LogP contribution in [-0.2, 0) is 12.6 Å². The minimum atomic E-state index is -4.32. The van der Waals surface area contributed by atoms with Crippen LogP contribution in [0.4, 0.5) is 17.6 Å². The van der Waals surface area contributed by atoms with E-state index in [9.17, 15) is 17.6 Å². The number of alkyl halides is 4. The summed E-state index contributed by atoms with van der Waals surface area (Å²) in [5.41, 5.74) is -1.21. The molecule has 1 fully saturated rings. The molecule has 1 aliphatic heterocycles. The number of hydrogen-bond donors (Lipinski definition) is 1. The second-order valence-electron chi connectivity index (χ2n) is 5.34. The fourth-order valence-corrected chi connectivity index (χ4v) is 2.48. The minimum absolute atomic E-state index is 0.148. The molecule has 19 heavy (non-hydrogen) atoms. The average molecular weight is 275 g/mol. The first-order valence-corrected chi connectivity index (χ1v) is 6.35. The Labute approximate surface area is 110 Å². The highest BCUT2D eigenvalue weighted by molar-refractivity contribution is 5.25. The summed E-state index contributed by atoms with van der Waals surface area (Å²) in [6, 6.07) is 5.01. The normalized spacial score (nSPS) is 28.4. The minimum Gasteiger partial charge on any atom is -0.314 e. The highest BCUT2D eigenvalue weighted by Gasteiger charge is 2.36. The highest BCUT2D eigenvalue weighted by Crippen LogP contribution is 2.32. The largest absolute Gasteiger partial charge is 0.416 e. The maximum atomic E-state index is 14.2. The molecule has 2 unspecified atom stereocenters. The van der Waals surface area contributed by atoms with Crippen molar-refractivity contribution in [1.29, 1.82) is 0 Å². The van der Waals surface area contributed by atoms with Gasteiger partial charge in [0.05, 0.1) is 5.56 Å². The van der Waals surface area contributed by atoms with E-state index in [-0.39, 0.29) is 5.92 Å². The molecule has 2 atom stereocenters. The van der Waals surface area contributed by atoms with Gasteiger partial charge in [0.25, 0.3) is 0 Å². The molecule has 1 N–H and O–H groups in total. The smallest absolute Gasteiger partial charge is 0.314 e. The Kier molecular flexibility index (Phi) is 3.85. The molecule has 1 saturated heterocycles. The van der Waals surface area contributed by atoms with Crippen molar-refractivity contribution < 1.29 is 17.6 Å². The molecule has 106 valence electrons. The summed E-state index contributed by atoms with van der Waals surface area (Å²) >= 11 is 0. The van der Waals surface area contributed by atoms with Gasteiger partial charge in [0, 0.05) is 6.54 Å². The Morgan fingerprint density at radius 2 is 1.89 bits per heavy atom. The third-order valence-corrected chi connectivity index (χ3v) is 3.75. The van der Waals surface area contributed by atoms with Crippen LogP contribution in [0.1, 0.15) is 24.5 Å². The van der Waals surface area contributed by atoms with Gasteiger partial charge in [0.2, 0.25) is 0 Å². The Morgan fingerprint density at radius 3 is 2.42 bits per heavy atom. The van der Waals surface area contributed by atoms with Gasteiger partial charge in [-0.3, -0.25) is 0 Å². The fourth-order valence-electron chi connectivity index (χ4n) is 2.48. The molecule has 0 spiro atoms. The highest BCUT2D eigenvalue weighted by atomic mass is 19.4. The van der Waals surface area contributed by atoms with Crippen molar-refractivity contribution in [2.45, 2.75) is 31.6 Å². The van der Waals surface area contributed by atoms with Crippen LogP contribution >= 0.6 is 0 Å². The molecule has 1 aromatic rings. The summed E-state index contributed by atoms with van der Waals surface area (Å²) in [5.74, 6) is -0.148. The quantitative estimate of drug-likeness (QED) is 0.813. The Hall–Kier alpha value is -1.10. The van der Waals surface area contributed by atoms with Crippen LogP contribution in [0.15, 0.2) is 24.3 Å². The third-order valence-electron chi connectivity index (χ3n) is 3.75. The van der Waals surface area contributed by atoms with Gasteiger partial charge in [0.1, 0.15) is 5.67 Å². The van der Waals surface area contributed by atoms with E-state index in [1.807, 2.05) is 0 Å². The van der Waals surface area contributed by atoms with Crippen LogP contribution in [0.25, 0.3) is 0 Å². The molecule has 0 amide bonds. The van der Waals surface area contributed by atoms with Gasteiger partial charge in [-0.25, -0.2) is 4.39 Å². The number of halogens is 4. The molecule has 2 rings (SSSR count). The van der Waals surface area contributed by atoms with Gasteiger partial charge in [0.15, 0.2) is 0 Å². The molecule has 5 heteroatoms. The van der Waals surface area contributed by atoms with Crippen LogP contribution < -0.4 is 5.32 Å². The Morgan fingerprint density at radius 1 is 1.26 bits per heavy atom. The molecule has 0 saturated carbocycles. The van der Waals surface area contributed by atoms with Crippen LogP contribution in [0, 0.1) is 5.92 Å². The number of benzene rings is 1. The molecule has 1 aliphatic rings. The lowest BCUT2D eigenvalue weighted by Gasteiger charge is -2.35. The zero-order valence-electron chi connectivity index (χ0n) is 10.7. The summed E-state index contributed by atoms with van der Waals surface area (Å²) < 4.78 is 51.5. The summed E-state index contributed by atoms with van der Waals surface area (Å²) in [6.07, 6.45) is -3.14. The van der Waals surface area contributed by atoms with Gasteiger partial charge in [-0.2, -0.15) is 13.2 Å². The standard InChI is InChI=1S/C14H17F4N/c1-13(15)9-19-7-6-12(13)8-10-2-4-11(5-3-10)14(16,17)18/h2-5,12,19H,6-9H2,1H3. The maximum absolute atomic E-state index is 14.2.